The Balaban J connectivity index is 2.53. The van der Waals surface area contributed by atoms with Crippen molar-refractivity contribution >= 4 is 38.5 Å². The molecule has 2 rings (SSSR count). The molecule has 1 aliphatic rings. The first kappa shape index (κ1) is 16.3. The predicted octanol–water partition coefficient (Wildman–Crippen LogP) is 2.59. The zero-order chi connectivity index (χ0) is 15.8. The smallest absolute Gasteiger partial charge is 0.275 e. The molecular formula is C13H17BrN2O4S. The molecule has 116 valence electrons. The van der Waals surface area contributed by atoms with E-state index < -0.39 is 28.1 Å². The van der Waals surface area contributed by atoms with Crippen LogP contribution >= 0.6 is 26.7 Å². The summed E-state index contributed by atoms with van der Waals surface area (Å²) in [6.07, 6.45) is 0.804. The van der Waals surface area contributed by atoms with Gasteiger partial charge in [0.2, 0.25) is 5.91 Å². The number of primary amides is 1. The molecule has 2 amide bonds. The van der Waals surface area contributed by atoms with Crippen molar-refractivity contribution < 1.29 is 18.7 Å². The topological polar surface area (TPSA) is 104 Å². The number of halogens is 1. The molecule has 4 N–H and O–H groups in total. The van der Waals surface area contributed by atoms with Crippen LogP contribution in [0.2, 0.25) is 0 Å². The first-order valence-electron chi connectivity index (χ1n) is 6.34. The molecule has 1 atom stereocenters. The molecular weight excluding hydrogens is 360 g/mol. The third kappa shape index (κ3) is 2.46. The molecule has 0 aliphatic carbocycles. The van der Waals surface area contributed by atoms with Gasteiger partial charge in [-0.25, -0.2) is 4.31 Å². The fourth-order valence-electron chi connectivity index (χ4n) is 2.45. The van der Waals surface area contributed by atoms with Crippen LogP contribution in [0.25, 0.3) is 0 Å². The van der Waals surface area contributed by atoms with Crippen molar-refractivity contribution in [2.24, 2.45) is 5.73 Å². The largest absolute Gasteiger partial charge is 0.368 e. The van der Waals surface area contributed by atoms with Crippen molar-refractivity contribution in [3.8, 4) is 0 Å². The summed E-state index contributed by atoms with van der Waals surface area (Å²) >= 11 is 3.26. The molecule has 6 nitrogen and oxygen atoms in total. The molecule has 1 aromatic carbocycles. The monoisotopic (exact) mass is 376 g/mol. The van der Waals surface area contributed by atoms with Crippen molar-refractivity contribution in [2.75, 3.05) is 5.33 Å². The highest BCUT2D eigenvalue weighted by Crippen LogP contribution is 2.61. The fraction of sp³-hybridized carbons (Fsp3) is 0.385. The van der Waals surface area contributed by atoms with E-state index in [9.17, 15) is 18.7 Å². The van der Waals surface area contributed by atoms with Gasteiger partial charge in [0, 0.05) is 5.33 Å². The summed E-state index contributed by atoms with van der Waals surface area (Å²) in [5.74, 6) is -1.34. The van der Waals surface area contributed by atoms with E-state index in [1.54, 1.807) is 12.1 Å². The first-order valence-corrected chi connectivity index (χ1v) is 8.97. The van der Waals surface area contributed by atoms with Gasteiger partial charge < -0.3 is 5.73 Å². The minimum Gasteiger partial charge on any atom is -0.368 e. The van der Waals surface area contributed by atoms with E-state index in [0.29, 0.717) is 11.8 Å². The second kappa shape index (κ2) is 5.60. The number of fused-ring (bicyclic) bond motifs is 1. The molecule has 1 aromatic rings. The lowest BCUT2D eigenvalue weighted by molar-refractivity contribution is -0.126. The standard InChI is InChI=1S/C13H17BrN2O4S/c1-13(12(15)18,7-4-8-14)16-11(17)9-5-2-3-6-10(9)21(16,19)20/h2-3,5-6,19-20H,4,7-8H2,1H3,(H2,15,18). The van der Waals surface area contributed by atoms with Gasteiger partial charge in [-0.05, 0) is 31.9 Å². The van der Waals surface area contributed by atoms with E-state index in [-0.39, 0.29) is 16.9 Å². The zero-order valence-electron chi connectivity index (χ0n) is 11.5. The van der Waals surface area contributed by atoms with Crippen LogP contribution in [0.5, 0.6) is 0 Å². The summed E-state index contributed by atoms with van der Waals surface area (Å²) in [5.41, 5.74) is 4.20. The lowest BCUT2D eigenvalue weighted by atomic mass is 9.94. The Morgan fingerprint density at radius 2 is 2.05 bits per heavy atom. The Kier molecular flexibility index (Phi) is 4.34. The number of nitrogens with zero attached hydrogens (tertiary/aromatic N) is 1. The third-order valence-corrected chi connectivity index (χ3v) is 6.21. The van der Waals surface area contributed by atoms with Crippen LogP contribution in [0.4, 0.5) is 0 Å². The number of alkyl halides is 1. The summed E-state index contributed by atoms with van der Waals surface area (Å²) in [6, 6.07) is 6.24. The molecule has 1 unspecified atom stereocenters. The molecule has 8 heteroatoms. The van der Waals surface area contributed by atoms with Gasteiger partial charge in [-0.1, -0.05) is 38.8 Å². The summed E-state index contributed by atoms with van der Waals surface area (Å²) < 4.78 is 21.8. The Morgan fingerprint density at radius 3 is 2.57 bits per heavy atom. The van der Waals surface area contributed by atoms with Crippen LogP contribution < -0.4 is 5.73 Å². The highest BCUT2D eigenvalue weighted by atomic mass is 79.9. The average Bonchev–Trinajstić information content (AvgIpc) is 2.64. The minimum absolute atomic E-state index is 0.140. The van der Waals surface area contributed by atoms with E-state index in [2.05, 4.69) is 15.9 Å². The Bertz CT molecular complexity index is 595. The summed E-state index contributed by atoms with van der Waals surface area (Å²) in [6.45, 7) is 1.47. The van der Waals surface area contributed by atoms with Gasteiger partial charge in [0.25, 0.3) is 5.91 Å². The molecule has 0 spiro atoms. The highest BCUT2D eigenvalue weighted by Gasteiger charge is 2.53. The number of amides is 2. The van der Waals surface area contributed by atoms with Crippen molar-refractivity contribution in [2.45, 2.75) is 30.2 Å². The number of nitrogens with two attached hydrogens (primary N) is 1. The summed E-state index contributed by atoms with van der Waals surface area (Å²) in [4.78, 5) is 24.6. The Morgan fingerprint density at radius 1 is 1.43 bits per heavy atom. The second-order valence-electron chi connectivity index (χ2n) is 5.05. The number of hydrogen-bond acceptors (Lipinski definition) is 4. The van der Waals surface area contributed by atoms with Crippen molar-refractivity contribution in [1.29, 1.82) is 0 Å². The summed E-state index contributed by atoms with van der Waals surface area (Å²) in [7, 11) is -3.56. The van der Waals surface area contributed by atoms with Gasteiger partial charge in [-0.2, -0.15) is 0 Å². The lowest BCUT2D eigenvalue weighted by Crippen LogP contribution is -2.56. The van der Waals surface area contributed by atoms with Crippen LogP contribution in [0.15, 0.2) is 29.2 Å². The number of benzene rings is 1. The van der Waals surface area contributed by atoms with Gasteiger partial charge in [0.15, 0.2) is 0 Å². The molecule has 0 bridgehead atoms. The van der Waals surface area contributed by atoms with Crippen LogP contribution in [0, 0.1) is 0 Å². The Labute approximate surface area is 132 Å². The molecule has 21 heavy (non-hydrogen) atoms. The lowest BCUT2D eigenvalue weighted by Gasteiger charge is -2.46. The highest BCUT2D eigenvalue weighted by molar-refractivity contribution is 9.09. The zero-order valence-corrected chi connectivity index (χ0v) is 13.9. The quantitative estimate of drug-likeness (QED) is 0.686. The molecule has 1 aliphatic heterocycles. The van der Waals surface area contributed by atoms with Gasteiger partial charge in [0.05, 0.1) is 10.5 Å². The van der Waals surface area contributed by atoms with Gasteiger partial charge in [0.1, 0.15) is 5.54 Å². The van der Waals surface area contributed by atoms with Gasteiger partial charge in [-0.3, -0.25) is 18.7 Å². The van der Waals surface area contributed by atoms with E-state index in [1.807, 2.05) is 0 Å². The predicted molar refractivity (Wildman–Crippen MR) is 84.4 cm³/mol. The van der Waals surface area contributed by atoms with Crippen LogP contribution in [-0.2, 0) is 4.79 Å². The molecule has 0 aromatic heterocycles. The minimum atomic E-state index is -3.56. The molecule has 0 fully saturated rings. The van der Waals surface area contributed by atoms with E-state index in [1.165, 1.54) is 19.1 Å². The molecule has 0 saturated heterocycles. The first-order chi connectivity index (χ1) is 9.76. The second-order valence-corrected chi connectivity index (χ2v) is 7.68. The fourth-order valence-corrected chi connectivity index (χ4v) is 4.71. The van der Waals surface area contributed by atoms with Gasteiger partial charge in [-0.15, -0.1) is 0 Å². The van der Waals surface area contributed by atoms with Gasteiger partial charge >= 0.3 is 0 Å². The number of rotatable bonds is 5. The van der Waals surface area contributed by atoms with Crippen LogP contribution in [-0.4, -0.2) is 36.1 Å². The summed E-state index contributed by atoms with van der Waals surface area (Å²) in [5, 5.41) is 0.615. The van der Waals surface area contributed by atoms with Crippen LogP contribution in [0.1, 0.15) is 30.1 Å². The van der Waals surface area contributed by atoms with Crippen molar-refractivity contribution in [1.82, 2.24) is 4.31 Å². The Hall–Kier alpha value is -1.09. The maximum absolute atomic E-state index is 12.5. The maximum atomic E-state index is 12.5. The molecule has 1 heterocycles. The van der Waals surface area contributed by atoms with Crippen molar-refractivity contribution in [3.05, 3.63) is 29.8 Å². The third-order valence-electron chi connectivity index (χ3n) is 3.63. The molecule has 0 radical (unpaired) electrons. The average molecular weight is 377 g/mol. The van der Waals surface area contributed by atoms with E-state index in [4.69, 9.17) is 5.73 Å². The number of carbonyl (C=O) groups is 2. The maximum Gasteiger partial charge on any atom is 0.275 e. The number of carbonyl (C=O) groups excluding carboxylic acids is 2. The van der Waals surface area contributed by atoms with E-state index >= 15 is 0 Å². The number of hydrogen-bond donors (Lipinski definition) is 3. The van der Waals surface area contributed by atoms with Crippen molar-refractivity contribution in [3.63, 3.8) is 0 Å². The molecule has 0 saturated carbocycles. The normalized spacial score (nSPS) is 20.8. The van der Waals surface area contributed by atoms with E-state index in [0.717, 1.165) is 4.31 Å². The van der Waals surface area contributed by atoms with Crippen LogP contribution in [0.3, 0.4) is 0 Å². The SMILES string of the molecule is CC(CCCBr)(C(N)=O)N1C(=O)c2ccccc2S1(O)O.